The highest BCUT2D eigenvalue weighted by atomic mass is 79.9. The molecule has 1 aliphatic rings. The maximum Gasteiger partial charge on any atom is 0.242 e. The lowest BCUT2D eigenvalue weighted by Crippen LogP contribution is -2.50. The van der Waals surface area contributed by atoms with Gasteiger partial charge in [-0.1, -0.05) is 71.1 Å². The highest BCUT2D eigenvalue weighted by Crippen LogP contribution is 2.20. The third kappa shape index (κ3) is 6.67. The molecular formula is C26H33BrN2O2. The van der Waals surface area contributed by atoms with Gasteiger partial charge in [-0.3, -0.25) is 9.59 Å². The lowest BCUT2D eigenvalue weighted by Gasteiger charge is -2.31. The fourth-order valence-electron chi connectivity index (χ4n) is 4.19. The second kappa shape index (κ2) is 10.9. The molecule has 1 fully saturated rings. The average molecular weight is 485 g/mol. The van der Waals surface area contributed by atoms with Crippen LogP contribution in [0.2, 0.25) is 0 Å². The summed E-state index contributed by atoms with van der Waals surface area (Å²) in [5.41, 5.74) is 4.26. The normalized spacial score (nSPS) is 15.4. The van der Waals surface area contributed by atoms with Crippen molar-refractivity contribution in [2.45, 2.75) is 77.9 Å². The maximum atomic E-state index is 13.4. The van der Waals surface area contributed by atoms with Crippen LogP contribution in [0.1, 0.15) is 61.3 Å². The molecule has 0 radical (unpaired) electrons. The van der Waals surface area contributed by atoms with E-state index in [2.05, 4.69) is 39.4 Å². The number of nitrogens with zero attached hydrogens (tertiary/aromatic N) is 1. The van der Waals surface area contributed by atoms with Crippen molar-refractivity contribution < 1.29 is 9.59 Å². The molecule has 2 aromatic carbocycles. The van der Waals surface area contributed by atoms with Gasteiger partial charge in [-0.15, -0.1) is 0 Å². The maximum absolute atomic E-state index is 13.4. The van der Waals surface area contributed by atoms with Gasteiger partial charge in [-0.05, 0) is 62.4 Å². The van der Waals surface area contributed by atoms with E-state index in [1.165, 1.54) is 6.42 Å². The monoisotopic (exact) mass is 484 g/mol. The summed E-state index contributed by atoms with van der Waals surface area (Å²) in [7, 11) is 0. The van der Waals surface area contributed by atoms with Crippen LogP contribution in [0.25, 0.3) is 0 Å². The van der Waals surface area contributed by atoms with Gasteiger partial charge < -0.3 is 10.2 Å². The number of carbonyl (C=O) groups excluding carboxylic acids is 2. The van der Waals surface area contributed by atoms with E-state index in [1.807, 2.05) is 45.0 Å². The fraction of sp³-hybridized carbons (Fsp3) is 0.462. The van der Waals surface area contributed by atoms with Crippen molar-refractivity contribution in [1.29, 1.82) is 0 Å². The SMILES string of the molecule is Cc1ccc(C)c(CC(=O)N(Cc2ccc(Br)cc2)[C@@H](C)C(=O)NC2CCCCC2)c1. The molecule has 0 saturated heterocycles. The first-order chi connectivity index (χ1) is 14.8. The number of rotatable bonds is 7. The predicted molar refractivity (Wildman–Crippen MR) is 129 cm³/mol. The summed E-state index contributed by atoms with van der Waals surface area (Å²) >= 11 is 3.46. The number of hydrogen-bond donors (Lipinski definition) is 1. The molecule has 0 bridgehead atoms. The third-order valence-corrected chi connectivity index (χ3v) is 6.76. The quantitative estimate of drug-likeness (QED) is 0.565. The topological polar surface area (TPSA) is 49.4 Å². The van der Waals surface area contributed by atoms with Gasteiger partial charge in [0, 0.05) is 17.1 Å². The van der Waals surface area contributed by atoms with Crippen molar-refractivity contribution in [3.63, 3.8) is 0 Å². The molecule has 2 amide bonds. The lowest BCUT2D eigenvalue weighted by molar-refractivity contribution is -0.140. The van der Waals surface area contributed by atoms with E-state index in [1.54, 1.807) is 4.90 Å². The van der Waals surface area contributed by atoms with E-state index in [9.17, 15) is 9.59 Å². The van der Waals surface area contributed by atoms with Crippen molar-refractivity contribution in [1.82, 2.24) is 10.2 Å². The first-order valence-electron chi connectivity index (χ1n) is 11.2. The lowest BCUT2D eigenvalue weighted by atomic mass is 9.95. The Morgan fingerprint density at radius 1 is 1.06 bits per heavy atom. The molecule has 0 heterocycles. The molecule has 166 valence electrons. The van der Waals surface area contributed by atoms with Crippen LogP contribution >= 0.6 is 15.9 Å². The van der Waals surface area contributed by atoms with Crippen molar-refractivity contribution in [2.24, 2.45) is 0 Å². The third-order valence-electron chi connectivity index (χ3n) is 6.23. The summed E-state index contributed by atoms with van der Waals surface area (Å²) in [6.45, 7) is 6.32. The zero-order valence-corrected chi connectivity index (χ0v) is 20.4. The van der Waals surface area contributed by atoms with Gasteiger partial charge in [0.05, 0.1) is 6.42 Å². The van der Waals surface area contributed by atoms with Crippen LogP contribution in [0.5, 0.6) is 0 Å². The summed E-state index contributed by atoms with van der Waals surface area (Å²) in [4.78, 5) is 28.2. The number of carbonyl (C=O) groups is 2. The number of aryl methyl sites for hydroxylation is 2. The van der Waals surface area contributed by atoms with Crippen LogP contribution in [0.3, 0.4) is 0 Å². The van der Waals surface area contributed by atoms with Crippen molar-refractivity contribution in [3.05, 3.63) is 69.2 Å². The smallest absolute Gasteiger partial charge is 0.242 e. The highest BCUT2D eigenvalue weighted by molar-refractivity contribution is 9.10. The van der Waals surface area contributed by atoms with Gasteiger partial charge in [0.25, 0.3) is 0 Å². The summed E-state index contributed by atoms with van der Waals surface area (Å²) in [6, 6.07) is 13.8. The van der Waals surface area contributed by atoms with E-state index in [-0.39, 0.29) is 17.9 Å². The van der Waals surface area contributed by atoms with Gasteiger partial charge in [0.1, 0.15) is 6.04 Å². The van der Waals surface area contributed by atoms with Gasteiger partial charge in [-0.2, -0.15) is 0 Å². The molecule has 1 atom stereocenters. The van der Waals surface area contributed by atoms with E-state index in [4.69, 9.17) is 0 Å². The number of nitrogens with one attached hydrogen (secondary N) is 1. The molecule has 5 heteroatoms. The molecule has 3 rings (SSSR count). The molecule has 0 unspecified atom stereocenters. The Morgan fingerprint density at radius 2 is 1.74 bits per heavy atom. The zero-order valence-electron chi connectivity index (χ0n) is 18.8. The largest absolute Gasteiger partial charge is 0.352 e. The van der Waals surface area contributed by atoms with Crippen molar-refractivity contribution in [2.75, 3.05) is 0 Å². The van der Waals surface area contributed by atoms with Crippen molar-refractivity contribution in [3.8, 4) is 0 Å². The van der Waals surface area contributed by atoms with Crippen LogP contribution in [-0.4, -0.2) is 28.8 Å². The summed E-state index contributed by atoms with van der Waals surface area (Å²) < 4.78 is 0.993. The van der Waals surface area contributed by atoms with Crippen LogP contribution in [0, 0.1) is 13.8 Å². The summed E-state index contributed by atoms with van der Waals surface area (Å²) in [5.74, 6) is -0.0822. The van der Waals surface area contributed by atoms with Crippen LogP contribution in [-0.2, 0) is 22.6 Å². The van der Waals surface area contributed by atoms with Gasteiger partial charge >= 0.3 is 0 Å². The van der Waals surface area contributed by atoms with Gasteiger partial charge in [0.15, 0.2) is 0 Å². The first-order valence-corrected chi connectivity index (χ1v) is 12.0. The summed E-state index contributed by atoms with van der Waals surface area (Å²) in [6.07, 6.45) is 5.92. The zero-order chi connectivity index (χ0) is 22.4. The Balaban J connectivity index is 1.78. The molecule has 0 spiro atoms. The second-order valence-electron chi connectivity index (χ2n) is 8.77. The standard InChI is InChI=1S/C26H33BrN2O2/c1-18-9-10-19(2)22(15-18)16-25(30)29(17-21-11-13-23(27)14-12-21)20(3)26(31)28-24-7-5-4-6-8-24/h9-15,20,24H,4-8,16-17H2,1-3H3,(H,28,31)/t20-/m0/s1. The molecule has 31 heavy (non-hydrogen) atoms. The fourth-order valence-corrected chi connectivity index (χ4v) is 4.46. The van der Waals surface area contributed by atoms with E-state index >= 15 is 0 Å². The minimum Gasteiger partial charge on any atom is -0.352 e. The summed E-state index contributed by atoms with van der Waals surface area (Å²) in [5, 5.41) is 3.19. The van der Waals surface area contributed by atoms with Gasteiger partial charge in [0.2, 0.25) is 11.8 Å². The predicted octanol–water partition coefficient (Wildman–Crippen LogP) is 5.47. The molecular weight excluding hydrogens is 452 g/mol. The number of halogens is 1. The molecule has 0 aromatic heterocycles. The average Bonchev–Trinajstić information content (AvgIpc) is 2.76. The minimum atomic E-state index is -0.525. The Labute approximate surface area is 194 Å². The number of hydrogen-bond acceptors (Lipinski definition) is 2. The molecule has 1 saturated carbocycles. The highest BCUT2D eigenvalue weighted by Gasteiger charge is 2.28. The molecule has 2 aromatic rings. The molecule has 1 aliphatic carbocycles. The van der Waals surface area contributed by atoms with Crippen LogP contribution in [0.15, 0.2) is 46.9 Å². The molecule has 0 aliphatic heterocycles. The van der Waals surface area contributed by atoms with Crippen LogP contribution < -0.4 is 5.32 Å². The minimum absolute atomic E-state index is 0.0251. The van der Waals surface area contributed by atoms with E-state index < -0.39 is 6.04 Å². The second-order valence-corrected chi connectivity index (χ2v) is 9.69. The number of amides is 2. The Morgan fingerprint density at radius 3 is 2.42 bits per heavy atom. The Hall–Kier alpha value is -2.14. The van der Waals surface area contributed by atoms with Gasteiger partial charge in [-0.25, -0.2) is 0 Å². The van der Waals surface area contributed by atoms with Crippen molar-refractivity contribution >= 4 is 27.7 Å². The first kappa shape index (κ1) is 23.5. The molecule has 4 nitrogen and oxygen atoms in total. The van der Waals surface area contributed by atoms with E-state index in [0.717, 1.165) is 52.4 Å². The Kier molecular flexibility index (Phi) is 8.30. The Bertz CT molecular complexity index is 904. The number of benzene rings is 2. The van der Waals surface area contributed by atoms with E-state index in [0.29, 0.717) is 13.0 Å². The molecule has 1 N–H and O–H groups in total. The van der Waals surface area contributed by atoms with Crippen LogP contribution in [0.4, 0.5) is 0 Å².